The van der Waals surface area contributed by atoms with Crippen LogP contribution < -0.4 is 9.13 Å². The normalized spacial score (nSPS) is 13.7. The van der Waals surface area contributed by atoms with E-state index in [0.29, 0.717) is 0 Å². The van der Waals surface area contributed by atoms with Crippen molar-refractivity contribution in [3.05, 3.63) is 138 Å². The van der Waals surface area contributed by atoms with Crippen molar-refractivity contribution in [2.75, 3.05) is 0 Å². The van der Waals surface area contributed by atoms with E-state index in [1.807, 2.05) is 0 Å². The summed E-state index contributed by atoms with van der Waals surface area (Å²) in [7, 11) is 0. The lowest BCUT2D eigenvalue weighted by Gasteiger charge is -2.29. The number of hydrogen-bond donors (Lipinski definition) is 0. The predicted molar refractivity (Wildman–Crippen MR) is 189 cm³/mol. The molecule has 0 saturated carbocycles. The van der Waals surface area contributed by atoms with E-state index in [2.05, 4.69) is 158 Å². The third-order valence-electron chi connectivity index (χ3n) is 10.3. The van der Waals surface area contributed by atoms with Gasteiger partial charge in [0.25, 0.3) is 0 Å². The van der Waals surface area contributed by atoms with Crippen LogP contribution in [0.4, 0.5) is 0 Å². The highest BCUT2D eigenvalue weighted by atomic mass is 15.1. The summed E-state index contributed by atoms with van der Waals surface area (Å²) in [6, 6.07) is 38.4. The van der Waals surface area contributed by atoms with E-state index < -0.39 is 0 Å². The van der Waals surface area contributed by atoms with Crippen LogP contribution >= 0.6 is 0 Å². The number of pyridine rings is 2. The SMILES string of the molecule is CCCCc1cccc2c3[n+](ccc12)C(CC)(CC)C(C[n+]1ccccc1-c1c(C)ccc2ccccc12)=Cc1ccccc1-3. The van der Waals surface area contributed by atoms with Crippen molar-refractivity contribution >= 4 is 27.6 Å². The molecule has 0 amide bonds. The molecule has 2 aromatic heterocycles. The second kappa shape index (κ2) is 12.1. The lowest BCUT2D eigenvalue weighted by atomic mass is 9.82. The average Bonchev–Trinajstić information content (AvgIpc) is 3.20. The maximum absolute atomic E-state index is 2.64. The second-order valence-corrected chi connectivity index (χ2v) is 12.7. The number of benzene rings is 4. The van der Waals surface area contributed by atoms with Gasteiger partial charge in [-0.1, -0.05) is 93.9 Å². The maximum atomic E-state index is 2.64. The van der Waals surface area contributed by atoms with Crippen LogP contribution in [0.2, 0.25) is 0 Å². The first kappa shape index (κ1) is 29.2. The summed E-state index contributed by atoms with van der Waals surface area (Å²) >= 11 is 0. The van der Waals surface area contributed by atoms with Crippen LogP contribution in [0.5, 0.6) is 0 Å². The lowest BCUT2D eigenvalue weighted by Crippen LogP contribution is -2.59. The molecule has 0 saturated heterocycles. The Bertz CT molecular complexity index is 2060. The Morgan fingerprint density at radius 2 is 1.44 bits per heavy atom. The minimum Gasteiger partial charge on any atom is -0.194 e. The minimum absolute atomic E-state index is 0.171. The van der Waals surface area contributed by atoms with Crippen LogP contribution in [0.1, 0.15) is 63.1 Å². The van der Waals surface area contributed by atoms with Crippen molar-refractivity contribution in [1.29, 1.82) is 0 Å². The van der Waals surface area contributed by atoms with Crippen molar-refractivity contribution in [2.24, 2.45) is 0 Å². The molecule has 4 aromatic carbocycles. The van der Waals surface area contributed by atoms with Crippen molar-refractivity contribution in [3.63, 3.8) is 0 Å². The highest BCUT2D eigenvalue weighted by molar-refractivity contribution is 5.98. The van der Waals surface area contributed by atoms with E-state index in [-0.39, 0.29) is 5.54 Å². The minimum atomic E-state index is -0.171. The fourth-order valence-electron chi connectivity index (χ4n) is 7.88. The van der Waals surface area contributed by atoms with Crippen molar-refractivity contribution in [1.82, 2.24) is 0 Å². The summed E-state index contributed by atoms with van der Waals surface area (Å²) in [5.41, 5.74) is 10.6. The summed E-state index contributed by atoms with van der Waals surface area (Å²) < 4.78 is 5.13. The van der Waals surface area contributed by atoms with Gasteiger partial charge in [-0.2, -0.15) is 9.13 Å². The molecular weight excluding hydrogens is 544 g/mol. The largest absolute Gasteiger partial charge is 0.221 e. The van der Waals surface area contributed by atoms with Crippen LogP contribution in [-0.2, 0) is 18.5 Å². The summed E-state index contributed by atoms with van der Waals surface area (Å²) in [5.74, 6) is 0. The molecular formula is C43H44N2+2. The third kappa shape index (κ3) is 4.88. The molecule has 0 bridgehead atoms. The number of nitrogens with zero attached hydrogens (tertiary/aromatic N) is 2. The standard InChI is InChI=1S/C43H44N2/c1-5-8-16-32-19-15-22-39-36(32)26-28-45-42(39)38-21-12-10-18-34(38)29-35(43(45,6-2)7-3)30-44-27-14-13-23-40(44)41-31(4)24-25-33-17-9-11-20-37(33)41/h9-15,17-29H,5-8,16,30H2,1-4H3/q+2. The molecule has 7 rings (SSSR count). The average molecular weight is 589 g/mol. The molecule has 2 heteroatoms. The smallest absolute Gasteiger partial charge is 0.194 e. The van der Waals surface area contributed by atoms with Gasteiger partial charge in [0.2, 0.25) is 11.4 Å². The molecule has 0 unspecified atom stereocenters. The Labute approximate surface area is 268 Å². The van der Waals surface area contributed by atoms with E-state index >= 15 is 0 Å². The van der Waals surface area contributed by atoms with E-state index in [1.165, 1.54) is 79.2 Å². The van der Waals surface area contributed by atoms with E-state index in [9.17, 15) is 0 Å². The highest BCUT2D eigenvalue weighted by Gasteiger charge is 2.46. The summed E-state index contributed by atoms with van der Waals surface area (Å²) in [4.78, 5) is 0. The molecule has 0 fully saturated rings. The van der Waals surface area contributed by atoms with Gasteiger partial charge in [0, 0.05) is 31.0 Å². The van der Waals surface area contributed by atoms with Crippen LogP contribution in [-0.4, -0.2) is 0 Å². The fraction of sp³-hybridized carbons (Fsp3) is 0.256. The number of rotatable bonds is 8. The quantitative estimate of drug-likeness (QED) is 0.156. The number of aryl methyl sites for hydroxylation is 2. The second-order valence-electron chi connectivity index (χ2n) is 12.7. The van der Waals surface area contributed by atoms with Gasteiger partial charge >= 0.3 is 0 Å². The molecule has 1 aliphatic rings. The number of aromatic nitrogens is 2. The zero-order chi connectivity index (χ0) is 31.0. The van der Waals surface area contributed by atoms with Gasteiger partial charge < -0.3 is 0 Å². The summed E-state index contributed by atoms with van der Waals surface area (Å²) in [6.07, 6.45) is 12.8. The van der Waals surface area contributed by atoms with Crippen molar-refractivity contribution in [2.45, 2.75) is 71.9 Å². The van der Waals surface area contributed by atoms with E-state index in [0.717, 1.165) is 25.8 Å². The monoisotopic (exact) mass is 588 g/mol. The van der Waals surface area contributed by atoms with Gasteiger partial charge in [-0.3, -0.25) is 0 Å². The molecule has 0 spiro atoms. The summed E-state index contributed by atoms with van der Waals surface area (Å²) in [6.45, 7) is 10.1. The van der Waals surface area contributed by atoms with Gasteiger partial charge in [-0.25, -0.2) is 0 Å². The fourth-order valence-corrected chi connectivity index (χ4v) is 7.88. The molecule has 0 atom stereocenters. The molecule has 2 nitrogen and oxygen atoms in total. The lowest BCUT2D eigenvalue weighted by molar-refractivity contribution is -0.754. The Kier molecular flexibility index (Phi) is 7.83. The van der Waals surface area contributed by atoms with Gasteiger partial charge in [-0.05, 0) is 76.9 Å². The number of allylic oxidation sites excluding steroid dienone is 1. The molecule has 0 radical (unpaired) electrons. The first-order valence-electron chi connectivity index (χ1n) is 16.8. The molecule has 0 N–H and O–H groups in total. The first-order valence-corrected chi connectivity index (χ1v) is 16.8. The van der Waals surface area contributed by atoms with Crippen molar-refractivity contribution < 1.29 is 9.13 Å². The third-order valence-corrected chi connectivity index (χ3v) is 10.3. The van der Waals surface area contributed by atoms with Gasteiger partial charge in [0.05, 0.1) is 22.1 Å². The summed E-state index contributed by atoms with van der Waals surface area (Å²) in [5, 5.41) is 5.34. The number of fused-ring (bicyclic) bond motifs is 6. The Hall–Kier alpha value is -4.56. The zero-order valence-corrected chi connectivity index (χ0v) is 27.2. The Morgan fingerprint density at radius 3 is 2.29 bits per heavy atom. The van der Waals surface area contributed by atoms with Gasteiger partial charge in [-0.15, -0.1) is 0 Å². The van der Waals surface area contributed by atoms with E-state index in [4.69, 9.17) is 0 Å². The highest BCUT2D eigenvalue weighted by Crippen LogP contribution is 2.41. The zero-order valence-electron chi connectivity index (χ0n) is 27.2. The Morgan fingerprint density at radius 1 is 0.667 bits per heavy atom. The van der Waals surface area contributed by atoms with Crippen LogP contribution in [0.3, 0.4) is 0 Å². The van der Waals surface area contributed by atoms with Gasteiger partial charge in [0.1, 0.15) is 0 Å². The number of unbranched alkanes of at least 4 members (excludes halogenated alkanes) is 1. The molecule has 224 valence electrons. The van der Waals surface area contributed by atoms with Crippen LogP contribution in [0.15, 0.2) is 121 Å². The number of hydrogen-bond acceptors (Lipinski definition) is 0. The van der Waals surface area contributed by atoms with Gasteiger partial charge in [0.15, 0.2) is 24.5 Å². The van der Waals surface area contributed by atoms with E-state index in [1.54, 1.807) is 0 Å². The molecule has 45 heavy (non-hydrogen) atoms. The van der Waals surface area contributed by atoms with Crippen LogP contribution in [0.25, 0.3) is 50.1 Å². The molecule has 1 aliphatic heterocycles. The predicted octanol–water partition coefficient (Wildman–Crippen LogP) is 10.2. The molecule has 0 aliphatic carbocycles. The Balaban J connectivity index is 1.46. The van der Waals surface area contributed by atoms with Crippen molar-refractivity contribution in [3.8, 4) is 22.5 Å². The topological polar surface area (TPSA) is 7.76 Å². The maximum Gasteiger partial charge on any atom is 0.221 e. The molecule has 6 aromatic rings. The first-order chi connectivity index (χ1) is 22.1. The van der Waals surface area contributed by atoms with Crippen LogP contribution in [0, 0.1) is 6.92 Å². The molecule has 3 heterocycles.